The molecule has 6 rings (SSSR count). The second-order valence-electron chi connectivity index (χ2n) is 8.88. The van der Waals surface area contributed by atoms with Crippen LogP contribution in [0.3, 0.4) is 0 Å². The molecule has 4 aromatic rings. The van der Waals surface area contributed by atoms with Gasteiger partial charge in [0, 0.05) is 40.8 Å². The quantitative estimate of drug-likeness (QED) is 0.467. The average Bonchev–Trinajstić information content (AvgIpc) is 3.35. The number of anilines is 1. The van der Waals surface area contributed by atoms with Gasteiger partial charge in [0.15, 0.2) is 11.6 Å². The summed E-state index contributed by atoms with van der Waals surface area (Å²) in [7, 11) is 0. The van der Waals surface area contributed by atoms with Crippen molar-refractivity contribution in [2.24, 2.45) is 0 Å². The van der Waals surface area contributed by atoms with E-state index in [4.69, 9.17) is 20.6 Å². The van der Waals surface area contributed by atoms with Crippen LogP contribution in [0.15, 0.2) is 49.1 Å². The summed E-state index contributed by atoms with van der Waals surface area (Å²) in [6.07, 6.45) is 11.0. The molecular formula is C25H26N6O. The molecule has 162 valence electrons. The molecule has 32 heavy (non-hydrogen) atoms. The van der Waals surface area contributed by atoms with Crippen molar-refractivity contribution in [1.82, 2.24) is 24.3 Å². The Morgan fingerprint density at radius 1 is 1.12 bits per heavy atom. The van der Waals surface area contributed by atoms with Crippen molar-refractivity contribution in [2.75, 3.05) is 5.73 Å². The molecule has 1 unspecified atom stereocenters. The fraction of sp³-hybridized carbons (Fsp3) is 0.320. The Balaban J connectivity index is 1.60. The van der Waals surface area contributed by atoms with Crippen LogP contribution in [0.25, 0.3) is 22.6 Å². The monoisotopic (exact) mass is 426 g/mol. The number of ether oxygens (including phenoxy) is 1. The highest BCUT2D eigenvalue weighted by Crippen LogP contribution is 2.40. The van der Waals surface area contributed by atoms with Crippen molar-refractivity contribution < 1.29 is 4.74 Å². The van der Waals surface area contributed by atoms with Crippen LogP contribution in [0.4, 0.5) is 5.82 Å². The second kappa shape index (κ2) is 7.22. The molecule has 1 aliphatic heterocycles. The van der Waals surface area contributed by atoms with Crippen LogP contribution < -0.4 is 10.5 Å². The summed E-state index contributed by atoms with van der Waals surface area (Å²) in [6, 6.07) is 8.86. The van der Waals surface area contributed by atoms with Crippen LogP contribution >= 0.6 is 0 Å². The predicted octanol–water partition coefficient (Wildman–Crippen LogP) is 4.93. The molecule has 7 nitrogen and oxygen atoms in total. The second-order valence-corrected chi connectivity index (χ2v) is 8.88. The molecule has 2 N–H and O–H groups in total. The highest BCUT2D eigenvalue weighted by Gasteiger charge is 2.27. The average molecular weight is 427 g/mol. The Morgan fingerprint density at radius 2 is 2.00 bits per heavy atom. The number of fused-ring (bicyclic) bond motifs is 7. The zero-order chi connectivity index (χ0) is 21.8. The maximum atomic E-state index is 6.41. The maximum absolute atomic E-state index is 6.41. The Bertz CT molecular complexity index is 1320. The molecule has 3 aromatic heterocycles. The van der Waals surface area contributed by atoms with E-state index >= 15 is 0 Å². The van der Waals surface area contributed by atoms with Gasteiger partial charge in [-0.1, -0.05) is 23.8 Å². The Hall–Kier alpha value is -3.61. The van der Waals surface area contributed by atoms with E-state index in [1.807, 2.05) is 37.8 Å². The third-order valence-corrected chi connectivity index (χ3v) is 6.69. The number of hydrogen-bond acceptors (Lipinski definition) is 5. The largest absolute Gasteiger partial charge is 0.482 e. The number of aryl methyl sites for hydroxylation is 1. The third kappa shape index (κ3) is 2.99. The van der Waals surface area contributed by atoms with Crippen molar-refractivity contribution in [3.63, 3.8) is 0 Å². The van der Waals surface area contributed by atoms with Gasteiger partial charge in [-0.25, -0.2) is 9.97 Å². The molecule has 0 spiro atoms. The number of nitrogen functional groups attached to an aromatic ring is 1. The lowest BCUT2D eigenvalue weighted by Gasteiger charge is -2.28. The first-order valence-electron chi connectivity index (χ1n) is 11.2. The van der Waals surface area contributed by atoms with Gasteiger partial charge in [0.1, 0.15) is 11.9 Å². The van der Waals surface area contributed by atoms with Crippen molar-refractivity contribution in [3.8, 4) is 28.4 Å². The van der Waals surface area contributed by atoms with Crippen molar-refractivity contribution in [3.05, 3.63) is 65.7 Å². The zero-order valence-corrected chi connectivity index (χ0v) is 18.3. The fourth-order valence-corrected chi connectivity index (χ4v) is 4.76. The number of hydrogen-bond donors (Lipinski definition) is 1. The van der Waals surface area contributed by atoms with E-state index in [1.165, 1.54) is 12.0 Å². The van der Waals surface area contributed by atoms with E-state index in [0.29, 0.717) is 24.2 Å². The van der Waals surface area contributed by atoms with E-state index < -0.39 is 0 Å². The minimum atomic E-state index is -0.218. The summed E-state index contributed by atoms with van der Waals surface area (Å²) in [5.74, 6) is 1.91. The molecule has 1 saturated carbocycles. The fourth-order valence-electron chi connectivity index (χ4n) is 4.76. The standard InChI is InChI=1S/C25H26N6O/c1-15-6-7-20-21(10-15)16(2)32-22-11-17(12-28-24(22)26)23-18(14-30-9-8-27-25(20)30)13-29-31(23)19-4-3-5-19/h6-13,16,19H,3-5,14H2,1-2H3,(H2,26,28). The molecule has 0 radical (unpaired) electrons. The zero-order valence-electron chi connectivity index (χ0n) is 18.3. The van der Waals surface area contributed by atoms with Gasteiger partial charge in [0.25, 0.3) is 0 Å². The Kier molecular flexibility index (Phi) is 4.31. The van der Waals surface area contributed by atoms with Crippen molar-refractivity contribution in [2.45, 2.75) is 51.8 Å². The minimum Gasteiger partial charge on any atom is -0.482 e. The lowest BCUT2D eigenvalue weighted by atomic mass is 9.92. The molecule has 1 fully saturated rings. The first kappa shape index (κ1) is 19.1. The Morgan fingerprint density at radius 3 is 2.81 bits per heavy atom. The topological polar surface area (TPSA) is 83.8 Å². The number of imidazole rings is 1. The van der Waals surface area contributed by atoms with Crippen LogP contribution in [0.1, 0.15) is 55.0 Å². The summed E-state index contributed by atoms with van der Waals surface area (Å²) in [6.45, 7) is 4.82. The number of pyridine rings is 1. The number of nitrogens with zero attached hydrogens (tertiary/aromatic N) is 5. The molecule has 7 heteroatoms. The highest BCUT2D eigenvalue weighted by atomic mass is 16.5. The molecule has 0 amide bonds. The first-order chi connectivity index (χ1) is 15.6. The Labute approximate surface area is 186 Å². The van der Waals surface area contributed by atoms with Crippen LogP contribution in [0.2, 0.25) is 0 Å². The van der Waals surface area contributed by atoms with Gasteiger partial charge >= 0.3 is 0 Å². The molecule has 1 aliphatic carbocycles. The van der Waals surface area contributed by atoms with E-state index in [9.17, 15) is 0 Å². The van der Waals surface area contributed by atoms with Crippen LogP contribution in [0.5, 0.6) is 5.75 Å². The molecule has 2 bridgehead atoms. The van der Waals surface area contributed by atoms with Gasteiger partial charge in [-0.2, -0.15) is 5.10 Å². The number of aromatic nitrogens is 5. The molecule has 2 aliphatic rings. The summed E-state index contributed by atoms with van der Waals surface area (Å²) in [5, 5.41) is 4.80. The number of rotatable bonds is 1. The summed E-state index contributed by atoms with van der Waals surface area (Å²) in [4.78, 5) is 9.21. The molecular weight excluding hydrogens is 400 g/mol. The smallest absolute Gasteiger partial charge is 0.166 e. The number of nitrogens with two attached hydrogens (primary N) is 1. The van der Waals surface area contributed by atoms with Gasteiger partial charge in [0.2, 0.25) is 0 Å². The van der Waals surface area contributed by atoms with E-state index in [2.05, 4.69) is 39.4 Å². The van der Waals surface area contributed by atoms with Crippen molar-refractivity contribution in [1.29, 1.82) is 0 Å². The highest BCUT2D eigenvalue weighted by molar-refractivity contribution is 5.69. The van der Waals surface area contributed by atoms with Crippen LogP contribution in [-0.4, -0.2) is 24.3 Å². The molecule has 4 heterocycles. The molecule has 0 saturated heterocycles. The van der Waals surface area contributed by atoms with Crippen LogP contribution in [-0.2, 0) is 6.54 Å². The maximum Gasteiger partial charge on any atom is 0.166 e. The summed E-state index contributed by atoms with van der Waals surface area (Å²) < 4.78 is 10.8. The predicted molar refractivity (Wildman–Crippen MR) is 123 cm³/mol. The van der Waals surface area contributed by atoms with Gasteiger partial charge in [-0.3, -0.25) is 4.68 Å². The van der Waals surface area contributed by atoms with Gasteiger partial charge in [0.05, 0.1) is 24.5 Å². The number of benzene rings is 1. The summed E-state index contributed by atoms with van der Waals surface area (Å²) >= 11 is 0. The van der Waals surface area contributed by atoms with Gasteiger partial charge in [-0.05, 0) is 39.2 Å². The minimum absolute atomic E-state index is 0.218. The molecule has 1 atom stereocenters. The van der Waals surface area contributed by atoms with E-state index in [0.717, 1.165) is 46.6 Å². The first-order valence-corrected chi connectivity index (χ1v) is 11.2. The normalized spacial score (nSPS) is 17.8. The lowest BCUT2D eigenvalue weighted by Crippen LogP contribution is -2.19. The third-order valence-electron chi connectivity index (χ3n) is 6.69. The van der Waals surface area contributed by atoms with Crippen LogP contribution in [0, 0.1) is 6.92 Å². The SMILES string of the molecule is Cc1ccc2c(c1)C(C)Oc1cc(cnc1N)-c1c(cnn1C1CCC1)Cn1ccnc1-2. The van der Waals surface area contributed by atoms with E-state index in [-0.39, 0.29) is 6.10 Å². The van der Waals surface area contributed by atoms with Gasteiger partial charge < -0.3 is 15.0 Å². The van der Waals surface area contributed by atoms with E-state index in [1.54, 1.807) is 0 Å². The van der Waals surface area contributed by atoms with Crippen molar-refractivity contribution >= 4 is 5.82 Å². The van der Waals surface area contributed by atoms with Gasteiger partial charge in [-0.15, -0.1) is 0 Å². The molecule has 1 aromatic carbocycles. The summed E-state index contributed by atoms with van der Waals surface area (Å²) in [5.41, 5.74) is 12.8. The lowest BCUT2D eigenvalue weighted by molar-refractivity contribution is 0.228.